The molecule has 0 fully saturated rings. The summed E-state index contributed by atoms with van der Waals surface area (Å²) >= 11 is 0. The van der Waals surface area contributed by atoms with Gasteiger partial charge in [-0.15, -0.1) is 0 Å². The van der Waals surface area contributed by atoms with Crippen LogP contribution in [0.1, 0.15) is 5.56 Å². The third-order valence-electron chi connectivity index (χ3n) is 0.940. The minimum atomic E-state index is -3.67. The fourth-order valence-electron chi connectivity index (χ4n) is 0.534. The molecule has 0 spiro atoms. The molecule has 0 aliphatic heterocycles. The lowest BCUT2D eigenvalue weighted by molar-refractivity contribution is 0.488. The Balaban J connectivity index is 0. The number of rotatable bonds is 0. The van der Waals surface area contributed by atoms with Gasteiger partial charge < -0.3 is 0 Å². The normalized spacial score (nSPS) is 10.4. The first-order valence-corrected chi connectivity index (χ1v) is 7.96. The minimum Gasteiger partial charge on any atom is -0.286 e. The molecule has 0 saturated heterocycles. The van der Waals surface area contributed by atoms with Crippen molar-refractivity contribution in [1.29, 1.82) is 0 Å². The first kappa shape index (κ1) is 18.4. The SMILES string of the molecule is CS(=O)(=O)O.CS(=O)(=O)O.Cc1ccccc1. The number of aryl methyl sites for hydroxylation is 1. The van der Waals surface area contributed by atoms with E-state index in [0.717, 1.165) is 0 Å². The second-order valence-corrected chi connectivity index (χ2v) is 6.05. The highest BCUT2D eigenvalue weighted by Crippen LogP contribution is 1.92. The van der Waals surface area contributed by atoms with Crippen LogP contribution >= 0.6 is 0 Å². The first-order chi connectivity index (χ1) is 7.39. The van der Waals surface area contributed by atoms with Crippen molar-refractivity contribution in [1.82, 2.24) is 0 Å². The quantitative estimate of drug-likeness (QED) is 0.688. The van der Waals surface area contributed by atoms with Gasteiger partial charge in [0.2, 0.25) is 0 Å². The van der Waals surface area contributed by atoms with E-state index in [1.807, 2.05) is 18.2 Å². The van der Waals surface area contributed by atoms with Crippen LogP contribution in [0.5, 0.6) is 0 Å². The molecule has 0 radical (unpaired) electrons. The Labute approximate surface area is 102 Å². The number of benzene rings is 1. The van der Waals surface area contributed by atoms with E-state index in [4.69, 9.17) is 9.11 Å². The van der Waals surface area contributed by atoms with Gasteiger partial charge in [-0.2, -0.15) is 16.8 Å². The summed E-state index contributed by atoms with van der Waals surface area (Å²) in [5.74, 6) is 0. The summed E-state index contributed by atoms with van der Waals surface area (Å²) in [5.41, 5.74) is 1.32. The van der Waals surface area contributed by atoms with E-state index in [9.17, 15) is 16.8 Å². The Morgan fingerprint density at radius 1 is 0.824 bits per heavy atom. The van der Waals surface area contributed by atoms with Gasteiger partial charge in [-0.1, -0.05) is 35.9 Å². The smallest absolute Gasteiger partial charge is 0.261 e. The molecule has 1 aromatic carbocycles. The maximum absolute atomic E-state index is 9.19. The minimum absolute atomic E-state index is 0.715. The van der Waals surface area contributed by atoms with Gasteiger partial charge in [0, 0.05) is 0 Å². The summed E-state index contributed by atoms with van der Waals surface area (Å²) in [6, 6.07) is 10.3. The summed E-state index contributed by atoms with van der Waals surface area (Å²) < 4.78 is 51.7. The molecule has 0 unspecified atom stereocenters. The van der Waals surface area contributed by atoms with E-state index in [0.29, 0.717) is 12.5 Å². The predicted molar refractivity (Wildman–Crippen MR) is 66.1 cm³/mol. The lowest BCUT2D eigenvalue weighted by Crippen LogP contribution is -1.88. The maximum Gasteiger partial charge on any atom is 0.261 e. The summed E-state index contributed by atoms with van der Waals surface area (Å²) in [4.78, 5) is 0. The van der Waals surface area contributed by atoms with E-state index < -0.39 is 20.2 Å². The summed E-state index contributed by atoms with van der Waals surface area (Å²) in [7, 11) is -7.33. The van der Waals surface area contributed by atoms with Crippen molar-refractivity contribution in [2.24, 2.45) is 0 Å². The van der Waals surface area contributed by atoms with Crippen molar-refractivity contribution >= 4 is 20.2 Å². The largest absolute Gasteiger partial charge is 0.286 e. The van der Waals surface area contributed by atoms with E-state index in [1.54, 1.807) is 0 Å². The van der Waals surface area contributed by atoms with Gasteiger partial charge in [0.1, 0.15) is 0 Å². The molecule has 1 aromatic rings. The number of hydrogen-bond acceptors (Lipinski definition) is 4. The summed E-state index contributed by atoms with van der Waals surface area (Å²) in [6.45, 7) is 2.08. The molecule has 0 aliphatic carbocycles. The van der Waals surface area contributed by atoms with Crippen LogP contribution in [-0.2, 0) is 20.2 Å². The Morgan fingerprint density at radius 3 is 1.18 bits per heavy atom. The van der Waals surface area contributed by atoms with Crippen LogP contribution < -0.4 is 0 Å². The molecule has 0 aromatic heterocycles. The van der Waals surface area contributed by atoms with Crippen molar-refractivity contribution < 1.29 is 25.9 Å². The van der Waals surface area contributed by atoms with Crippen LogP contribution in [0, 0.1) is 6.92 Å². The van der Waals surface area contributed by atoms with Gasteiger partial charge in [0.15, 0.2) is 0 Å². The second-order valence-electron chi connectivity index (χ2n) is 3.12. The molecule has 0 bridgehead atoms. The van der Waals surface area contributed by atoms with Crippen LogP contribution in [0.3, 0.4) is 0 Å². The fraction of sp³-hybridized carbons (Fsp3) is 0.333. The Hall–Kier alpha value is -0.960. The molecule has 0 heterocycles. The van der Waals surface area contributed by atoms with E-state index in [2.05, 4.69) is 19.1 Å². The molecule has 0 saturated carbocycles. The van der Waals surface area contributed by atoms with Crippen molar-refractivity contribution in [3.63, 3.8) is 0 Å². The average molecular weight is 284 g/mol. The van der Waals surface area contributed by atoms with Crippen molar-refractivity contribution in [2.45, 2.75) is 6.92 Å². The topological polar surface area (TPSA) is 109 Å². The molecule has 1 rings (SSSR count). The van der Waals surface area contributed by atoms with Gasteiger partial charge in [-0.25, -0.2) is 0 Å². The summed E-state index contributed by atoms with van der Waals surface area (Å²) in [5, 5.41) is 0. The van der Waals surface area contributed by atoms with E-state index in [-0.39, 0.29) is 0 Å². The maximum atomic E-state index is 9.19. The lowest BCUT2D eigenvalue weighted by atomic mass is 10.2. The molecule has 8 heteroatoms. The van der Waals surface area contributed by atoms with E-state index in [1.165, 1.54) is 5.56 Å². The van der Waals surface area contributed by atoms with Crippen molar-refractivity contribution in [2.75, 3.05) is 12.5 Å². The summed E-state index contributed by atoms with van der Waals surface area (Å²) in [6.07, 6.45) is 1.43. The molecular formula is C9H16O6S2. The van der Waals surface area contributed by atoms with Crippen LogP contribution in [0.15, 0.2) is 30.3 Å². The van der Waals surface area contributed by atoms with Crippen LogP contribution in [0.4, 0.5) is 0 Å². The predicted octanol–water partition coefficient (Wildman–Crippen LogP) is 1.00. The highest BCUT2D eigenvalue weighted by molar-refractivity contribution is 7.85. The Kier molecular flexibility index (Phi) is 8.85. The zero-order valence-corrected chi connectivity index (χ0v) is 11.4. The zero-order valence-electron chi connectivity index (χ0n) is 9.73. The van der Waals surface area contributed by atoms with Gasteiger partial charge in [-0.3, -0.25) is 9.11 Å². The molecule has 100 valence electrons. The fourth-order valence-corrected chi connectivity index (χ4v) is 0.534. The van der Waals surface area contributed by atoms with Crippen LogP contribution in [0.25, 0.3) is 0 Å². The first-order valence-electron chi connectivity index (χ1n) is 4.26. The molecule has 2 N–H and O–H groups in total. The Morgan fingerprint density at radius 2 is 1.06 bits per heavy atom. The van der Waals surface area contributed by atoms with Gasteiger partial charge >= 0.3 is 0 Å². The van der Waals surface area contributed by atoms with E-state index >= 15 is 0 Å². The van der Waals surface area contributed by atoms with Gasteiger partial charge in [0.05, 0.1) is 12.5 Å². The third-order valence-corrected chi connectivity index (χ3v) is 0.940. The molecule has 0 amide bonds. The molecular weight excluding hydrogens is 268 g/mol. The van der Waals surface area contributed by atoms with Crippen molar-refractivity contribution in [3.05, 3.63) is 35.9 Å². The standard InChI is InChI=1S/C7H8.2CH4O3S/c1-7-5-3-2-4-6-7;2*1-5(2,3)4/h2-6H,1H3;2*1H3,(H,2,3,4). The third kappa shape index (κ3) is 51.6. The molecule has 6 nitrogen and oxygen atoms in total. The monoisotopic (exact) mass is 284 g/mol. The highest BCUT2D eigenvalue weighted by Gasteiger charge is 1.82. The number of hydrogen-bond donors (Lipinski definition) is 2. The second kappa shape index (κ2) is 8.18. The highest BCUT2D eigenvalue weighted by atomic mass is 32.2. The van der Waals surface area contributed by atoms with Crippen molar-refractivity contribution in [3.8, 4) is 0 Å². The lowest BCUT2D eigenvalue weighted by Gasteiger charge is -1.82. The van der Waals surface area contributed by atoms with Gasteiger partial charge in [-0.05, 0) is 6.92 Å². The van der Waals surface area contributed by atoms with Crippen LogP contribution in [-0.4, -0.2) is 38.5 Å². The average Bonchev–Trinajstić information content (AvgIpc) is 1.98. The molecule has 0 atom stereocenters. The molecule has 0 aliphatic rings. The van der Waals surface area contributed by atoms with Gasteiger partial charge in [0.25, 0.3) is 20.2 Å². The zero-order chi connectivity index (χ0) is 14.1. The Bertz CT molecular complexity index is 444. The molecule has 17 heavy (non-hydrogen) atoms. The van der Waals surface area contributed by atoms with Crippen LogP contribution in [0.2, 0.25) is 0 Å².